The lowest BCUT2D eigenvalue weighted by Gasteiger charge is -2.17. The van der Waals surface area contributed by atoms with Gasteiger partial charge >= 0.3 is 0 Å². The zero-order valence-corrected chi connectivity index (χ0v) is 12.6. The van der Waals surface area contributed by atoms with Crippen molar-refractivity contribution in [2.45, 2.75) is 26.1 Å². The Morgan fingerprint density at radius 2 is 1.53 bits per heavy atom. The van der Waals surface area contributed by atoms with Gasteiger partial charge in [0.1, 0.15) is 5.82 Å². The molecule has 0 saturated carbocycles. The smallest absolute Gasteiger partial charge is 0.123 e. The van der Waals surface area contributed by atoms with Gasteiger partial charge < -0.3 is 0 Å². The number of halogens is 3. The summed E-state index contributed by atoms with van der Waals surface area (Å²) in [5, 5.41) is 0.428. The van der Waals surface area contributed by atoms with E-state index < -0.39 is 0 Å². The molecule has 0 aromatic heterocycles. The molecule has 0 aliphatic carbocycles. The fourth-order valence-corrected chi connectivity index (χ4v) is 2.91. The van der Waals surface area contributed by atoms with Gasteiger partial charge in [-0.15, -0.1) is 11.6 Å². The van der Waals surface area contributed by atoms with Crippen LogP contribution in [0.15, 0.2) is 30.3 Å². The van der Waals surface area contributed by atoms with Crippen molar-refractivity contribution in [2.24, 2.45) is 0 Å². The maximum Gasteiger partial charge on any atom is 0.123 e. The summed E-state index contributed by atoms with van der Waals surface area (Å²) < 4.78 is 13.3. The molecule has 2 aromatic carbocycles. The Bertz CT molecular complexity index is 597. The van der Waals surface area contributed by atoms with Crippen LogP contribution in [-0.2, 0) is 0 Å². The lowest BCUT2D eigenvalue weighted by Crippen LogP contribution is -2.01. The van der Waals surface area contributed by atoms with Gasteiger partial charge in [-0.2, -0.15) is 0 Å². The minimum atomic E-state index is -0.295. The highest BCUT2D eigenvalue weighted by atomic mass is 35.5. The molecule has 0 aliphatic rings. The van der Waals surface area contributed by atoms with Crippen molar-refractivity contribution in [1.29, 1.82) is 0 Å². The predicted octanol–water partition coefficient (Wildman–Crippen LogP) is 5.73. The lowest BCUT2D eigenvalue weighted by atomic mass is 9.95. The topological polar surface area (TPSA) is 0 Å². The van der Waals surface area contributed by atoms with Gasteiger partial charge in [0.25, 0.3) is 0 Å². The zero-order valence-electron chi connectivity index (χ0n) is 11.1. The largest absolute Gasteiger partial charge is 0.207 e. The molecule has 100 valence electrons. The third-order valence-corrected chi connectivity index (χ3v) is 4.18. The van der Waals surface area contributed by atoms with Crippen molar-refractivity contribution in [3.63, 3.8) is 0 Å². The van der Waals surface area contributed by atoms with E-state index in [0.717, 1.165) is 32.8 Å². The Hall–Kier alpha value is -1.05. The zero-order chi connectivity index (χ0) is 14.2. The molecule has 0 saturated heterocycles. The van der Waals surface area contributed by atoms with Crippen molar-refractivity contribution in [3.05, 3.63) is 69.0 Å². The van der Waals surface area contributed by atoms with Crippen molar-refractivity contribution in [3.8, 4) is 0 Å². The van der Waals surface area contributed by atoms with E-state index in [0.29, 0.717) is 0 Å². The van der Waals surface area contributed by atoms with Gasteiger partial charge in [-0.3, -0.25) is 0 Å². The molecule has 19 heavy (non-hydrogen) atoms. The molecular weight excluding hydrogens is 282 g/mol. The molecule has 3 heteroatoms. The van der Waals surface area contributed by atoms with Crippen LogP contribution < -0.4 is 0 Å². The van der Waals surface area contributed by atoms with Crippen molar-refractivity contribution in [1.82, 2.24) is 0 Å². The molecule has 1 atom stereocenters. The number of rotatable bonds is 2. The van der Waals surface area contributed by atoms with Crippen LogP contribution in [0.2, 0.25) is 5.02 Å². The molecule has 0 N–H and O–H groups in total. The summed E-state index contributed by atoms with van der Waals surface area (Å²) in [6.07, 6.45) is 0. The predicted molar refractivity (Wildman–Crippen MR) is 79.8 cm³/mol. The summed E-state index contributed by atoms with van der Waals surface area (Å²) in [6, 6.07) is 8.76. The first kappa shape index (κ1) is 14.4. The van der Waals surface area contributed by atoms with Crippen LogP contribution in [0.3, 0.4) is 0 Å². The van der Waals surface area contributed by atoms with Crippen LogP contribution in [0.5, 0.6) is 0 Å². The van der Waals surface area contributed by atoms with E-state index in [1.54, 1.807) is 0 Å². The molecule has 0 heterocycles. The molecule has 0 bridgehead atoms. The SMILES string of the molecule is Cc1cc(C(Cl)c2c(C)cc(F)cc2C)ccc1Cl. The fourth-order valence-electron chi connectivity index (χ4n) is 2.31. The highest BCUT2D eigenvalue weighted by Gasteiger charge is 2.17. The van der Waals surface area contributed by atoms with Crippen LogP contribution >= 0.6 is 23.2 Å². The molecule has 0 radical (unpaired) electrons. The number of alkyl halides is 1. The average molecular weight is 297 g/mol. The van der Waals surface area contributed by atoms with Gasteiger partial charge in [-0.1, -0.05) is 23.7 Å². The average Bonchev–Trinajstić information content (AvgIpc) is 2.31. The Morgan fingerprint density at radius 1 is 0.947 bits per heavy atom. The molecule has 0 spiro atoms. The van der Waals surface area contributed by atoms with Crippen LogP contribution in [0, 0.1) is 26.6 Å². The molecule has 2 aromatic rings. The second-order valence-corrected chi connectivity index (χ2v) is 5.67. The summed E-state index contributed by atoms with van der Waals surface area (Å²) in [7, 11) is 0. The summed E-state index contributed by atoms with van der Waals surface area (Å²) in [4.78, 5) is 0. The van der Waals surface area contributed by atoms with E-state index in [2.05, 4.69) is 0 Å². The maximum absolute atomic E-state index is 13.3. The summed E-state index contributed by atoms with van der Waals surface area (Å²) >= 11 is 12.6. The van der Waals surface area contributed by atoms with E-state index in [9.17, 15) is 4.39 Å². The number of hydrogen-bond donors (Lipinski definition) is 0. The van der Waals surface area contributed by atoms with Gasteiger partial charge in [0.15, 0.2) is 0 Å². The van der Waals surface area contributed by atoms with Gasteiger partial charge in [-0.05, 0) is 66.8 Å². The molecule has 2 rings (SSSR count). The molecular formula is C16H15Cl2F. The monoisotopic (exact) mass is 296 g/mol. The summed E-state index contributed by atoms with van der Waals surface area (Å²) in [6.45, 7) is 5.70. The minimum Gasteiger partial charge on any atom is -0.207 e. The molecule has 0 fully saturated rings. The van der Waals surface area contributed by atoms with E-state index >= 15 is 0 Å². The Kier molecular flexibility index (Phi) is 4.17. The number of aryl methyl sites for hydroxylation is 3. The van der Waals surface area contributed by atoms with E-state index in [4.69, 9.17) is 23.2 Å². The Morgan fingerprint density at radius 3 is 2.05 bits per heavy atom. The van der Waals surface area contributed by atoms with E-state index in [-0.39, 0.29) is 11.2 Å². The first-order chi connectivity index (χ1) is 8.90. The number of benzene rings is 2. The second-order valence-electron chi connectivity index (χ2n) is 4.82. The highest BCUT2D eigenvalue weighted by molar-refractivity contribution is 6.31. The van der Waals surface area contributed by atoms with Gasteiger partial charge in [-0.25, -0.2) is 4.39 Å². The first-order valence-electron chi connectivity index (χ1n) is 6.07. The van der Waals surface area contributed by atoms with E-state index in [1.807, 2.05) is 39.0 Å². The van der Waals surface area contributed by atoms with Crippen LogP contribution in [0.4, 0.5) is 4.39 Å². The van der Waals surface area contributed by atoms with Crippen LogP contribution in [0.25, 0.3) is 0 Å². The maximum atomic E-state index is 13.3. The van der Waals surface area contributed by atoms with Gasteiger partial charge in [0, 0.05) is 5.02 Å². The van der Waals surface area contributed by atoms with Crippen molar-refractivity contribution >= 4 is 23.2 Å². The highest BCUT2D eigenvalue weighted by Crippen LogP contribution is 2.35. The van der Waals surface area contributed by atoms with Crippen molar-refractivity contribution in [2.75, 3.05) is 0 Å². The fraction of sp³-hybridized carbons (Fsp3) is 0.250. The molecule has 1 unspecified atom stereocenters. The molecule has 0 amide bonds. The Balaban J connectivity index is 2.49. The first-order valence-corrected chi connectivity index (χ1v) is 6.88. The minimum absolute atomic E-state index is 0.227. The normalized spacial score (nSPS) is 12.5. The van der Waals surface area contributed by atoms with Gasteiger partial charge in [0.2, 0.25) is 0 Å². The Labute approximate surface area is 123 Å². The molecule has 0 nitrogen and oxygen atoms in total. The van der Waals surface area contributed by atoms with Crippen LogP contribution in [-0.4, -0.2) is 0 Å². The standard InChI is InChI=1S/C16H15Cl2F/c1-9-6-12(4-5-14(9)17)16(18)15-10(2)7-13(19)8-11(15)3/h4-8,16H,1-3H3. The molecule has 0 aliphatic heterocycles. The quantitative estimate of drug-likeness (QED) is 0.621. The van der Waals surface area contributed by atoms with Crippen LogP contribution in [0.1, 0.15) is 33.2 Å². The second kappa shape index (κ2) is 5.52. The third-order valence-electron chi connectivity index (χ3n) is 3.29. The summed E-state index contributed by atoms with van der Waals surface area (Å²) in [5.41, 5.74) is 4.66. The lowest BCUT2D eigenvalue weighted by molar-refractivity contribution is 0.624. The van der Waals surface area contributed by atoms with E-state index in [1.165, 1.54) is 12.1 Å². The van der Waals surface area contributed by atoms with Crippen molar-refractivity contribution < 1.29 is 4.39 Å². The summed E-state index contributed by atoms with van der Waals surface area (Å²) in [5.74, 6) is -0.227. The van der Waals surface area contributed by atoms with Gasteiger partial charge in [0.05, 0.1) is 5.38 Å². The third kappa shape index (κ3) is 2.93. The number of hydrogen-bond acceptors (Lipinski definition) is 0.